The third kappa shape index (κ3) is 15.5. The first-order valence-corrected chi connectivity index (χ1v) is 21.2. The normalized spacial score (nSPS) is 17.8. The van der Waals surface area contributed by atoms with Gasteiger partial charge in [0, 0.05) is 40.5 Å². The molecule has 0 aromatic heterocycles. The fourth-order valence-electron chi connectivity index (χ4n) is 6.93. The SMILES string of the molecule is CCC.CCC(C)C(C(CC(=O)N1CCCC1C(OC)C(C)C(=O)NS(=O)c1ccc(N)cc1)OC)N(C)C(=O)CNC(=O)C(C(C)C)N(C)C(=O)OC(C)(C)C. The van der Waals surface area contributed by atoms with Crippen molar-refractivity contribution in [1.82, 2.24) is 24.7 Å². The quantitative estimate of drug-likeness (QED) is 0.174. The maximum atomic E-state index is 14.0. The number of nitrogens with one attached hydrogen (secondary N) is 2. The van der Waals surface area contributed by atoms with Crippen LogP contribution in [0.3, 0.4) is 0 Å². The molecule has 1 aliphatic rings. The second-order valence-corrected chi connectivity index (χ2v) is 17.4. The number of methoxy groups -OCH3 is 2. The molecule has 2 rings (SSSR count). The van der Waals surface area contributed by atoms with Gasteiger partial charge in [-0.1, -0.05) is 61.3 Å². The minimum Gasteiger partial charge on any atom is -0.444 e. The Morgan fingerprint density at radius 2 is 1.53 bits per heavy atom. The number of carbonyl (C=O) groups is 5. The molecule has 4 N–H and O–H groups in total. The average Bonchev–Trinajstić information content (AvgIpc) is 3.63. The molecule has 8 atom stereocenters. The summed E-state index contributed by atoms with van der Waals surface area (Å²) in [5, 5.41) is 2.70. The molecule has 0 spiro atoms. The standard InChI is InChI=1S/C38H64N6O9S.C3H8/c1-13-24(4)33(42(9)31(46)22-40-36(48)32(23(2)3)43(10)37(49)53-38(6,7)8)29(51-11)21-30(45)44-20-14-15-28(44)34(52-12)25(5)35(47)41-54(50)27-18-16-26(39)17-19-27;1-3-2/h16-19,23-25,28-29,32-34H,13-15,20-22,39H2,1-12H3,(H,40,48)(H,41,47);3H2,1-2H3. The lowest BCUT2D eigenvalue weighted by Gasteiger charge is -2.39. The summed E-state index contributed by atoms with van der Waals surface area (Å²) < 4.78 is 32.6. The molecule has 8 unspecified atom stereocenters. The van der Waals surface area contributed by atoms with E-state index in [1.54, 1.807) is 77.8 Å². The van der Waals surface area contributed by atoms with E-state index in [1.165, 1.54) is 37.5 Å². The Bertz CT molecular complexity index is 1470. The van der Waals surface area contributed by atoms with Crippen LogP contribution in [0.5, 0.6) is 0 Å². The summed E-state index contributed by atoms with van der Waals surface area (Å²) in [6.45, 7) is 18.8. The Labute approximate surface area is 344 Å². The van der Waals surface area contributed by atoms with E-state index in [2.05, 4.69) is 23.9 Å². The second-order valence-electron chi connectivity index (χ2n) is 16.2. The molecular weight excluding hydrogens is 753 g/mol. The number of carbonyl (C=O) groups excluding carboxylic acids is 5. The largest absolute Gasteiger partial charge is 0.444 e. The van der Waals surface area contributed by atoms with Crippen LogP contribution in [0.25, 0.3) is 0 Å². The lowest BCUT2D eigenvalue weighted by atomic mass is 9.90. The third-order valence-electron chi connectivity index (χ3n) is 10.0. The van der Waals surface area contributed by atoms with E-state index in [4.69, 9.17) is 19.9 Å². The number of likely N-dealkylation sites (N-methyl/N-ethyl adjacent to an activating group) is 2. The van der Waals surface area contributed by atoms with E-state index >= 15 is 0 Å². The van der Waals surface area contributed by atoms with Crippen LogP contribution in [-0.4, -0.2) is 126 Å². The zero-order valence-electron chi connectivity index (χ0n) is 36.9. The molecule has 1 fully saturated rings. The number of amides is 5. The highest BCUT2D eigenvalue weighted by atomic mass is 32.2. The van der Waals surface area contributed by atoms with Crippen molar-refractivity contribution in [3.63, 3.8) is 0 Å². The van der Waals surface area contributed by atoms with Crippen LogP contribution in [-0.2, 0) is 44.4 Å². The molecule has 0 bridgehead atoms. The molecule has 15 nitrogen and oxygen atoms in total. The fraction of sp³-hybridized carbons (Fsp3) is 0.732. The minimum absolute atomic E-state index is 0.0414. The lowest BCUT2D eigenvalue weighted by Crippen LogP contribution is -2.56. The van der Waals surface area contributed by atoms with Gasteiger partial charge in [0.2, 0.25) is 23.6 Å². The fourth-order valence-corrected chi connectivity index (χ4v) is 7.80. The van der Waals surface area contributed by atoms with Crippen molar-refractivity contribution < 1.29 is 42.4 Å². The number of hydrogen-bond donors (Lipinski definition) is 3. The molecule has 5 amide bonds. The highest BCUT2D eigenvalue weighted by Crippen LogP contribution is 2.29. The van der Waals surface area contributed by atoms with Gasteiger partial charge in [-0.2, -0.15) is 0 Å². The molecule has 57 heavy (non-hydrogen) atoms. The van der Waals surface area contributed by atoms with Crippen LogP contribution in [0, 0.1) is 17.8 Å². The number of rotatable bonds is 18. The summed E-state index contributed by atoms with van der Waals surface area (Å²) in [6.07, 6.45) is 1.18. The van der Waals surface area contributed by atoms with Crippen molar-refractivity contribution in [3.05, 3.63) is 24.3 Å². The number of nitrogen functional groups attached to an aromatic ring is 1. The highest BCUT2D eigenvalue weighted by molar-refractivity contribution is 7.83. The van der Waals surface area contributed by atoms with Crippen LogP contribution in [0.4, 0.5) is 10.5 Å². The number of nitrogens with two attached hydrogens (primary N) is 1. The molecule has 0 aliphatic carbocycles. The third-order valence-corrected chi connectivity index (χ3v) is 11.1. The van der Waals surface area contributed by atoms with Crippen molar-refractivity contribution >= 4 is 46.4 Å². The van der Waals surface area contributed by atoms with E-state index in [0.717, 1.165) is 0 Å². The Morgan fingerprint density at radius 3 is 2.02 bits per heavy atom. The number of hydrogen-bond acceptors (Lipinski definition) is 10. The Balaban J connectivity index is 0.00000524. The van der Waals surface area contributed by atoms with E-state index in [9.17, 15) is 28.2 Å². The summed E-state index contributed by atoms with van der Waals surface area (Å²) in [5.74, 6) is -2.67. The van der Waals surface area contributed by atoms with Gasteiger partial charge in [0.1, 0.15) is 11.6 Å². The van der Waals surface area contributed by atoms with Crippen molar-refractivity contribution in [3.8, 4) is 0 Å². The van der Waals surface area contributed by atoms with Crippen LogP contribution in [0.1, 0.15) is 101 Å². The monoisotopic (exact) mass is 825 g/mol. The first kappa shape index (κ1) is 51.3. The molecule has 16 heteroatoms. The van der Waals surface area contributed by atoms with Crippen molar-refractivity contribution in [2.75, 3.05) is 47.1 Å². The van der Waals surface area contributed by atoms with Gasteiger partial charge in [-0.25, -0.2) is 9.00 Å². The van der Waals surface area contributed by atoms with Crippen LogP contribution in [0.15, 0.2) is 29.2 Å². The summed E-state index contributed by atoms with van der Waals surface area (Å²) in [4.78, 5) is 71.8. The molecule has 1 aliphatic heterocycles. The Hall–Kier alpha value is -3.76. The number of anilines is 1. The summed E-state index contributed by atoms with van der Waals surface area (Å²) in [7, 11) is 4.30. The number of nitrogens with zero attached hydrogens (tertiary/aromatic N) is 3. The second kappa shape index (κ2) is 24.2. The number of benzene rings is 1. The minimum atomic E-state index is -1.81. The topological polar surface area (TPSA) is 190 Å². The smallest absolute Gasteiger partial charge is 0.410 e. The maximum absolute atomic E-state index is 14.0. The zero-order valence-corrected chi connectivity index (χ0v) is 37.7. The molecule has 0 saturated carbocycles. The predicted octanol–water partition coefficient (Wildman–Crippen LogP) is 4.75. The molecule has 1 saturated heterocycles. The van der Waals surface area contributed by atoms with E-state index < -0.39 is 70.7 Å². The van der Waals surface area contributed by atoms with Gasteiger partial charge >= 0.3 is 6.09 Å². The number of likely N-dealkylation sites (tertiary alicyclic amines) is 1. The van der Waals surface area contributed by atoms with E-state index in [0.29, 0.717) is 36.4 Å². The molecule has 1 aromatic rings. The van der Waals surface area contributed by atoms with E-state index in [1.807, 2.05) is 13.8 Å². The van der Waals surface area contributed by atoms with Gasteiger partial charge in [0.05, 0.1) is 48.1 Å². The Morgan fingerprint density at radius 1 is 0.947 bits per heavy atom. The first-order chi connectivity index (χ1) is 26.6. The maximum Gasteiger partial charge on any atom is 0.410 e. The summed E-state index contributed by atoms with van der Waals surface area (Å²) in [6, 6.07) is 4.55. The predicted molar refractivity (Wildman–Crippen MR) is 223 cm³/mol. The van der Waals surface area contributed by atoms with Gasteiger partial charge in [0.25, 0.3) is 0 Å². The summed E-state index contributed by atoms with van der Waals surface area (Å²) in [5.41, 5.74) is 5.49. The van der Waals surface area contributed by atoms with E-state index in [-0.39, 0.29) is 36.6 Å². The van der Waals surface area contributed by atoms with Gasteiger partial charge in [0.15, 0.2) is 11.0 Å². The highest BCUT2D eigenvalue weighted by Gasteiger charge is 2.42. The van der Waals surface area contributed by atoms with Gasteiger partial charge in [-0.15, -0.1) is 0 Å². The van der Waals surface area contributed by atoms with Crippen LogP contribution in [0.2, 0.25) is 0 Å². The van der Waals surface area contributed by atoms with Crippen LogP contribution >= 0.6 is 0 Å². The van der Waals surface area contributed by atoms with Gasteiger partial charge < -0.3 is 35.1 Å². The average molecular weight is 825 g/mol. The van der Waals surface area contributed by atoms with Gasteiger partial charge in [-0.3, -0.25) is 28.8 Å². The number of ether oxygens (including phenoxy) is 3. The zero-order chi connectivity index (χ0) is 43.8. The molecular formula is C41H72N6O9S. The molecule has 1 aromatic carbocycles. The van der Waals surface area contributed by atoms with Crippen molar-refractivity contribution in [2.24, 2.45) is 17.8 Å². The molecule has 0 radical (unpaired) electrons. The van der Waals surface area contributed by atoms with Crippen molar-refractivity contribution in [2.45, 2.75) is 142 Å². The van der Waals surface area contributed by atoms with Gasteiger partial charge in [-0.05, 0) is 69.7 Å². The molecule has 326 valence electrons. The Kier molecular flexibility index (Phi) is 21.8. The molecule has 1 heterocycles. The van der Waals surface area contributed by atoms with Crippen LogP contribution < -0.4 is 15.8 Å². The lowest BCUT2D eigenvalue weighted by molar-refractivity contribution is -0.145. The first-order valence-electron chi connectivity index (χ1n) is 20.0. The summed E-state index contributed by atoms with van der Waals surface area (Å²) >= 11 is 0. The van der Waals surface area contributed by atoms with Crippen molar-refractivity contribution in [1.29, 1.82) is 0 Å².